The number of nitrogens with one attached hydrogen (secondary N) is 1. The van der Waals surface area contributed by atoms with E-state index in [9.17, 15) is 4.79 Å². The van der Waals surface area contributed by atoms with Gasteiger partial charge in [0.2, 0.25) is 0 Å². The van der Waals surface area contributed by atoms with E-state index in [1.54, 1.807) is 12.4 Å². The van der Waals surface area contributed by atoms with Crippen LogP contribution in [0.5, 0.6) is 0 Å². The van der Waals surface area contributed by atoms with E-state index in [1.807, 2.05) is 29.2 Å². The molecule has 1 amide bonds. The van der Waals surface area contributed by atoms with Crippen molar-refractivity contribution in [1.82, 2.24) is 9.88 Å². The van der Waals surface area contributed by atoms with Crippen molar-refractivity contribution in [2.45, 2.75) is 13.8 Å². The van der Waals surface area contributed by atoms with Crippen LogP contribution < -0.4 is 10.2 Å². The van der Waals surface area contributed by atoms with Crippen LogP contribution in [0.3, 0.4) is 0 Å². The summed E-state index contributed by atoms with van der Waals surface area (Å²) >= 11 is 0. The highest BCUT2D eigenvalue weighted by Crippen LogP contribution is 2.21. The Morgan fingerprint density at radius 2 is 1.55 bits per heavy atom. The summed E-state index contributed by atoms with van der Waals surface area (Å²) in [6.07, 6.45) is 3.40. The number of carbonyl (C=O) groups is 1. The lowest BCUT2D eigenvalue weighted by Gasteiger charge is -2.36. The maximum Gasteiger partial charge on any atom is 0.255 e. The van der Waals surface area contributed by atoms with Crippen molar-refractivity contribution in [1.29, 1.82) is 0 Å². The molecule has 2 aromatic carbocycles. The molecule has 0 unspecified atom stereocenters. The van der Waals surface area contributed by atoms with Crippen LogP contribution in [0, 0.1) is 13.8 Å². The molecule has 0 bridgehead atoms. The second kappa shape index (κ2) is 8.35. The van der Waals surface area contributed by atoms with Crippen molar-refractivity contribution in [3.05, 3.63) is 83.7 Å². The Balaban J connectivity index is 1.42. The molecule has 1 fully saturated rings. The average Bonchev–Trinajstić information content (AvgIpc) is 2.73. The molecular weight excluding hydrogens is 360 g/mol. The van der Waals surface area contributed by atoms with Crippen LogP contribution in [0.2, 0.25) is 0 Å². The smallest absolute Gasteiger partial charge is 0.255 e. The maximum absolute atomic E-state index is 13.0. The first-order valence-electron chi connectivity index (χ1n) is 9.98. The van der Waals surface area contributed by atoms with Gasteiger partial charge in [-0.05, 0) is 55.3 Å². The van der Waals surface area contributed by atoms with Gasteiger partial charge in [-0.3, -0.25) is 9.78 Å². The number of carbonyl (C=O) groups excluding carboxylic acids is 1. The van der Waals surface area contributed by atoms with Crippen LogP contribution in [0.25, 0.3) is 0 Å². The van der Waals surface area contributed by atoms with Gasteiger partial charge in [0, 0.05) is 43.8 Å². The highest BCUT2D eigenvalue weighted by atomic mass is 16.2. The quantitative estimate of drug-likeness (QED) is 0.722. The summed E-state index contributed by atoms with van der Waals surface area (Å²) in [7, 11) is 0. The highest BCUT2D eigenvalue weighted by Gasteiger charge is 2.22. The second-order valence-corrected chi connectivity index (χ2v) is 7.58. The number of hydrogen-bond donors (Lipinski definition) is 1. The van der Waals surface area contributed by atoms with E-state index >= 15 is 0 Å². The number of aryl methyl sites for hydroxylation is 2. The first-order chi connectivity index (χ1) is 14.1. The predicted molar refractivity (Wildman–Crippen MR) is 118 cm³/mol. The Hall–Kier alpha value is -3.34. The fourth-order valence-corrected chi connectivity index (χ4v) is 3.83. The normalized spacial score (nSPS) is 14.0. The van der Waals surface area contributed by atoms with Gasteiger partial charge in [-0.2, -0.15) is 0 Å². The number of amides is 1. The van der Waals surface area contributed by atoms with E-state index in [1.165, 1.54) is 16.8 Å². The van der Waals surface area contributed by atoms with E-state index in [0.717, 1.165) is 24.5 Å². The largest absolute Gasteiger partial charge is 0.368 e. The Morgan fingerprint density at radius 3 is 2.24 bits per heavy atom. The molecule has 5 nitrogen and oxygen atoms in total. The van der Waals surface area contributed by atoms with E-state index < -0.39 is 0 Å². The minimum atomic E-state index is 0.0364. The summed E-state index contributed by atoms with van der Waals surface area (Å²) in [5.74, 6) is 0.0364. The highest BCUT2D eigenvalue weighted by molar-refractivity contribution is 5.95. The zero-order chi connectivity index (χ0) is 20.2. The van der Waals surface area contributed by atoms with Crippen LogP contribution in [0.4, 0.5) is 17.1 Å². The average molecular weight is 386 g/mol. The number of rotatable bonds is 4. The summed E-state index contributed by atoms with van der Waals surface area (Å²) in [5.41, 5.74) is 6.05. The topological polar surface area (TPSA) is 48.5 Å². The van der Waals surface area contributed by atoms with Gasteiger partial charge in [-0.15, -0.1) is 0 Å². The van der Waals surface area contributed by atoms with Crippen molar-refractivity contribution >= 4 is 23.0 Å². The van der Waals surface area contributed by atoms with Crippen LogP contribution >= 0.6 is 0 Å². The Bertz CT molecular complexity index is 975. The Labute approximate surface area is 172 Å². The molecule has 0 saturated carbocycles. The molecule has 1 saturated heterocycles. The van der Waals surface area contributed by atoms with Crippen molar-refractivity contribution in [2.24, 2.45) is 0 Å². The van der Waals surface area contributed by atoms with Crippen molar-refractivity contribution < 1.29 is 4.79 Å². The summed E-state index contributed by atoms with van der Waals surface area (Å²) in [5, 5.41) is 3.37. The molecule has 0 atom stereocenters. The number of aromatic nitrogens is 1. The lowest BCUT2D eigenvalue weighted by Crippen LogP contribution is -2.48. The minimum absolute atomic E-state index is 0.0364. The number of para-hydroxylation sites is 1. The van der Waals surface area contributed by atoms with Crippen molar-refractivity contribution in [3.63, 3.8) is 0 Å². The molecular formula is C24H26N4O. The van der Waals surface area contributed by atoms with Gasteiger partial charge in [0.05, 0.1) is 17.4 Å². The molecule has 3 aromatic rings. The number of anilines is 3. The Morgan fingerprint density at radius 1 is 0.862 bits per heavy atom. The second-order valence-electron chi connectivity index (χ2n) is 7.58. The standard InChI is InChI=1S/C24H26N4O/c1-18-12-19(2)14-21(13-18)26-22-15-20(16-25-17-22)24(29)28-10-8-27(9-11-28)23-6-4-3-5-7-23/h3-7,12-17,26H,8-11H2,1-2H3. The third-order valence-corrected chi connectivity index (χ3v) is 5.18. The number of pyridine rings is 1. The lowest BCUT2D eigenvalue weighted by molar-refractivity contribution is 0.0746. The molecule has 0 aliphatic carbocycles. The minimum Gasteiger partial charge on any atom is -0.368 e. The van der Waals surface area contributed by atoms with E-state index in [-0.39, 0.29) is 5.91 Å². The van der Waals surface area contributed by atoms with Gasteiger partial charge >= 0.3 is 0 Å². The number of piperazine rings is 1. The maximum atomic E-state index is 13.0. The molecule has 1 aromatic heterocycles. The number of nitrogens with zero attached hydrogens (tertiary/aromatic N) is 3. The third-order valence-electron chi connectivity index (χ3n) is 5.18. The van der Waals surface area contributed by atoms with Crippen LogP contribution in [0.15, 0.2) is 67.0 Å². The predicted octanol–water partition coefficient (Wildman–Crippen LogP) is 4.40. The molecule has 1 aliphatic rings. The fraction of sp³-hybridized carbons (Fsp3) is 0.250. The molecule has 4 rings (SSSR count). The zero-order valence-electron chi connectivity index (χ0n) is 16.9. The molecule has 5 heteroatoms. The summed E-state index contributed by atoms with van der Waals surface area (Å²) in [6.45, 7) is 7.25. The van der Waals surface area contributed by atoms with E-state index in [4.69, 9.17) is 0 Å². The van der Waals surface area contributed by atoms with Gasteiger partial charge < -0.3 is 15.1 Å². The first-order valence-corrected chi connectivity index (χ1v) is 9.98. The summed E-state index contributed by atoms with van der Waals surface area (Å²) < 4.78 is 0. The summed E-state index contributed by atoms with van der Waals surface area (Å²) in [6, 6.07) is 18.5. The Kier molecular flexibility index (Phi) is 5.47. The van der Waals surface area contributed by atoms with E-state index in [2.05, 4.69) is 59.4 Å². The molecule has 29 heavy (non-hydrogen) atoms. The first kappa shape index (κ1) is 19.0. The summed E-state index contributed by atoms with van der Waals surface area (Å²) in [4.78, 5) is 21.5. The van der Waals surface area contributed by atoms with Crippen molar-refractivity contribution in [2.75, 3.05) is 36.4 Å². The van der Waals surface area contributed by atoms with Gasteiger partial charge in [0.25, 0.3) is 5.91 Å². The SMILES string of the molecule is Cc1cc(C)cc(Nc2cncc(C(=O)N3CCN(c4ccccc4)CC3)c2)c1. The zero-order valence-corrected chi connectivity index (χ0v) is 16.9. The molecule has 1 N–H and O–H groups in total. The molecule has 2 heterocycles. The monoisotopic (exact) mass is 386 g/mol. The van der Waals surface area contributed by atoms with Crippen LogP contribution in [-0.4, -0.2) is 42.0 Å². The van der Waals surface area contributed by atoms with Gasteiger partial charge in [-0.1, -0.05) is 24.3 Å². The molecule has 0 radical (unpaired) electrons. The van der Waals surface area contributed by atoms with Crippen LogP contribution in [0.1, 0.15) is 21.5 Å². The van der Waals surface area contributed by atoms with Crippen molar-refractivity contribution in [3.8, 4) is 0 Å². The van der Waals surface area contributed by atoms with E-state index in [0.29, 0.717) is 18.7 Å². The number of hydrogen-bond acceptors (Lipinski definition) is 4. The van der Waals surface area contributed by atoms with Gasteiger partial charge in [0.1, 0.15) is 0 Å². The number of benzene rings is 2. The van der Waals surface area contributed by atoms with Crippen LogP contribution in [-0.2, 0) is 0 Å². The molecule has 0 spiro atoms. The molecule has 148 valence electrons. The third kappa shape index (κ3) is 4.57. The van der Waals surface area contributed by atoms with Gasteiger partial charge in [0.15, 0.2) is 0 Å². The lowest BCUT2D eigenvalue weighted by atomic mass is 10.1. The van der Waals surface area contributed by atoms with Gasteiger partial charge in [-0.25, -0.2) is 0 Å². The fourth-order valence-electron chi connectivity index (χ4n) is 3.83. The molecule has 1 aliphatic heterocycles.